The van der Waals surface area contributed by atoms with Crippen LogP contribution in [0.15, 0.2) is 59.2 Å². The van der Waals surface area contributed by atoms with Crippen LogP contribution in [0.3, 0.4) is 0 Å². The van der Waals surface area contributed by atoms with Crippen molar-refractivity contribution in [3.8, 4) is 5.75 Å². The highest BCUT2D eigenvalue weighted by Crippen LogP contribution is 2.33. The summed E-state index contributed by atoms with van der Waals surface area (Å²) >= 11 is 0. The molecule has 0 radical (unpaired) electrons. The Morgan fingerprint density at radius 1 is 1.21 bits per heavy atom. The molecule has 0 unspecified atom stereocenters. The number of ether oxygens (including phenoxy) is 1. The number of fused-ring (bicyclic) bond motifs is 1. The van der Waals surface area contributed by atoms with Crippen LogP contribution in [0.2, 0.25) is 0 Å². The molecule has 2 heterocycles. The van der Waals surface area contributed by atoms with E-state index in [0.29, 0.717) is 18.0 Å². The molecule has 142 valence electrons. The van der Waals surface area contributed by atoms with Gasteiger partial charge in [-0.1, -0.05) is 36.4 Å². The fraction of sp³-hybridized carbons (Fsp3) is 0.190. The molecular formula is C21H19N3O4. The molecule has 0 saturated carbocycles. The summed E-state index contributed by atoms with van der Waals surface area (Å²) in [4.78, 5) is 30.4. The van der Waals surface area contributed by atoms with Crippen molar-refractivity contribution in [1.82, 2.24) is 10.3 Å². The second-order valence-electron chi connectivity index (χ2n) is 6.53. The first-order chi connectivity index (χ1) is 13.6. The van der Waals surface area contributed by atoms with Crippen LogP contribution < -0.4 is 15.0 Å². The number of anilines is 1. The number of carbonyl (C=O) groups excluding carboxylic acids is 2. The van der Waals surface area contributed by atoms with Gasteiger partial charge in [-0.05, 0) is 30.2 Å². The number of hydrogen-bond donors (Lipinski definition) is 1. The summed E-state index contributed by atoms with van der Waals surface area (Å²) in [5.74, 6) is 0.403. The van der Waals surface area contributed by atoms with Gasteiger partial charge in [-0.25, -0.2) is 4.98 Å². The van der Waals surface area contributed by atoms with Crippen LogP contribution in [-0.2, 0) is 17.9 Å². The molecular weight excluding hydrogens is 358 g/mol. The summed E-state index contributed by atoms with van der Waals surface area (Å²) in [6.45, 7) is 2.43. The van der Waals surface area contributed by atoms with E-state index in [1.54, 1.807) is 4.90 Å². The molecule has 1 N–H and O–H groups in total. The fourth-order valence-electron chi connectivity index (χ4n) is 2.98. The number of rotatable bonds is 5. The van der Waals surface area contributed by atoms with Crippen LogP contribution in [0.5, 0.6) is 5.75 Å². The zero-order valence-electron chi connectivity index (χ0n) is 15.3. The summed E-state index contributed by atoms with van der Waals surface area (Å²) in [6.07, 6.45) is 1.30. The minimum Gasteiger partial charge on any atom is -0.482 e. The summed E-state index contributed by atoms with van der Waals surface area (Å²) in [7, 11) is 0. The van der Waals surface area contributed by atoms with Crippen LogP contribution in [-0.4, -0.2) is 23.4 Å². The summed E-state index contributed by atoms with van der Waals surface area (Å²) in [6, 6.07) is 15.2. The first kappa shape index (κ1) is 17.8. The first-order valence-corrected chi connectivity index (χ1v) is 8.90. The number of nitrogens with one attached hydrogen (secondary N) is 1. The van der Waals surface area contributed by atoms with Crippen LogP contribution in [0, 0.1) is 6.92 Å². The lowest BCUT2D eigenvalue weighted by atomic mass is 10.1. The molecule has 3 aromatic rings. The SMILES string of the molecule is Cc1ccc2c(c1)N(Cc1nc(C(=O)NCc3ccccc3)co1)C(=O)CO2. The largest absolute Gasteiger partial charge is 0.482 e. The van der Waals surface area contributed by atoms with Crippen molar-refractivity contribution in [1.29, 1.82) is 0 Å². The third kappa shape index (κ3) is 3.73. The molecule has 28 heavy (non-hydrogen) atoms. The van der Waals surface area contributed by atoms with Crippen molar-refractivity contribution in [2.24, 2.45) is 0 Å². The average molecular weight is 377 g/mol. The Morgan fingerprint density at radius 2 is 2.04 bits per heavy atom. The Hall–Kier alpha value is -3.61. The first-order valence-electron chi connectivity index (χ1n) is 8.90. The van der Waals surface area contributed by atoms with Gasteiger partial charge in [-0.3, -0.25) is 14.5 Å². The number of nitrogens with zero attached hydrogens (tertiary/aromatic N) is 2. The zero-order valence-corrected chi connectivity index (χ0v) is 15.3. The van der Waals surface area contributed by atoms with Gasteiger partial charge in [0.25, 0.3) is 11.8 Å². The Labute approximate surface area is 161 Å². The van der Waals surface area contributed by atoms with Crippen molar-refractivity contribution < 1.29 is 18.7 Å². The van der Waals surface area contributed by atoms with E-state index in [1.807, 2.05) is 55.5 Å². The van der Waals surface area contributed by atoms with Crippen LogP contribution >= 0.6 is 0 Å². The minimum absolute atomic E-state index is 0.0405. The number of aromatic nitrogens is 1. The van der Waals surface area contributed by atoms with E-state index in [4.69, 9.17) is 9.15 Å². The van der Waals surface area contributed by atoms with Gasteiger partial charge in [0.1, 0.15) is 18.6 Å². The molecule has 2 aromatic carbocycles. The van der Waals surface area contributed by atoms with E-state index < -0.39 is 0 Å². The lowest BCUT2D eigenvalue weighted by Gasteiger charge is -2.28. The summed E-state index contributed by atoms with van der Waals surface area (Å²) in [5, 5.41) is 2.80. The number of hydrogen-bond acceptors (Lipinski definition) is 5. The number of benzene rings is 2. The van der Waals surface area contributed by atoms with Crippen molar-refractivity contribution in [2.45, 2.75) is 20.0 Å². The van der Waals surface area contributed by atoms with Gasteiger partial charge in [0.15, 0.2) is 12.3 Å². The van der Waals surface area contributed by atoms with E-state index in [0.717, 1.165) is 11.1 Å². The highest BCUT2D eigenvalue weighted by molar-refractivity contribution is 5.97. The number of aryl methyl sites for hydroxylation is 1. The molecule has 4 rings (SSSR count). The topological polar surface area (TPSA) is 84.7 Å². The van der Waals surface area contributed by atoms with Gasteiger partial charge < -0.3 is 14.5 Å². The van der Waals surface area contributed by atoms with Crippen LogP contribution in [0.4, 0.5) is 5.69 Å². The molecule has 1 aliphatic rings. The summed E-state index contributed by atoms with van der Waals surface area (Å²) in [5.41, 5.74) is 2.85. The highest BCUT2D eigenvalue weighted by atomic mass is 16.5. The number of carbonyl (C=O) groups is 2. The second kappa shape index (κ2) is 7.56. The van der Waals surface area contributed by atoms with Crippen molar-refractivity contribution in [3.05, 3.63) is 77.5 Å². The van der Waals surface area contributed by atoms with Gasteiger partial charge in [-0.2, -0.15) is 0 Å². The molecule has 0 spiro atoms. The smallest absolute Gasteiger partial charge is 0.273 e. The monoisotopic (exact) mass is 377 g/mol. The maximum Gasteiger partial charge on any atom is 0.273 e. The summed E-state index contributed by atoms with van der Waals surface area (Å²) < 4.78 is 10.9. The quantitative estimate of drug-likeness (QED) is 0.739. The van der Waals surface area contributed by atoms with Crippen molar-refractivity contribution >= 4 is 17.5 Å². The number of amides is 2. The Kier molecular flexibility index (Phi) is 4.80. The highest BCUT2D eigenvalue weighted by Gasteiger charge is 2.27. The van der Waals surface area contributed by atoms with Crippen LogP contribution in [0.1, 0.15) is 27.5 Å². The average Bonchev–Trinajstić information content (AvgIpc) is 3.18. The van der Waals surface area contributed by atoms with E-state index in [-0.39, 0.29) is 36.6 Å². The molecule has 7 nitrogen and oxygen atoms in total. The predicted molar refractivity (Wildman–Crippen MR) is 102 cm³/mol. The Balaban J connectivity index is 1.46. The molecule has 0 saturated heterocycles. The molecule has 1 aliphatic heterocycles. The predicted octanol–water partition coefficient (Wildman–Crippen LogP) is 2.84. The van der Waals surface area contributed by atoms with Gasteiger partial charge in [-0.15, -0.1) is 0 Å². The zero-order chi connectivity index (χ0) is 19.5. The third-order valence-electron chi connectivity index (χ3n) is 4.43. The Bertz CT molecular complexity index is 1010. The van der Waals surface area contributed by atoms with E-state index in [1.165, 1.54) is 6.26 Å². The molecule has 1 aromatic heterocycles. The van der Waals surface area contributed by atoms with E-state index in [9.17, 15) is 9.59 Å². The molecule has 0 fully saturated rings. The fourth-order valence-corrected chi connectivity index (χ4v) is 2.98. The van der Waals surface area contributed by atoms with Crippen molar-refractivity contribution in [3.63, 3.8) is 0 Å². The van der Waals surface area contributed by atoms with Gasteiger partial charge >= 0.3 is 0 Å². The lowest BCUT2D eigenvalue weighted by Crippen LogP contribution is -2.38. The van der Waals surface area contributed by atoms with Gasteiger partial charge in [0.05, 0.1) is 5.69 Å². The second-order valence-corrected chi connectivity index (χ2v) is 6.53. The molecule has 0 aliphatic carbocycles. The van der Waals surface area contributed by atoms with Gasteiger partial charge in [0.2, 0.25) is 5.89 Å². The Morgan fingerprint density at radius 3 is 2.86 bits per heavy atom. The lowest BCUT2D eigenvalue weighted by molar-refractivity contribution is -0.121. The van der Waals surface area contributed by atoms with E-state index >= 15 is 0 Å². The minimum atomic E-state index is -0.330. The standard InChI is InChI=1S/C21H19N3O4/c1-14-7-8-18-17(9-14)24(20(25)13-27-18)11-19-23-16(12-28-19)21(26)22-10-15-5-3-2-4-6-15/h2-9,12H,10-11,13H2,1H3,(H,22,26). The molecule has 2 amide bonds. The maximum atomic E-state index is 12.3. The molecule has 7 heteroatoms. The maximum absolute atomic E-state index is 12.3. The number of oxazole rings is 1. The van der Waals surface area contributed by atoms with Gasteiger partial charge in [0, 0.05) is 6.54 Å². The van der Waals surface area contributed by atoms with Crippen molar-refractivity contribution in [2.75, 3.05) is 11.5 Å². The van der Waals surface area contributed by atoms with Crippen LogP contribution in [0.25, 0.3) is 0 Å². The molecule has 0 atom stereocenters. The normalized spacial score (nSPS) is 13.0. The third-order valence-corrected chi connectivity index (χ3v) is 4.43. The van der Waals surface area contributed by atoms with E-state index in [2.05, 4.69) is 10.3 Å². The molecule has 0 bridgehead atoms.